The Kier molecular flexibility index (Phi) is 4.43. The van der Waals surface area contributed by atoms with E-state index in [2.05, 4.69) is 24.9 Å². The molecule has 0 bridgehead atoms. The van der Waals surface area contributed by atoms with Gasteiger partial charge in [0, 0.05) is 32.5 Å². The number of aryl methyl sites for hydroxylation is 1. The van der Waals surface area contributed by atoms with Crippen molar-refractivity contribution in [2.45, 2.75) is 25.4 Å². The molecule has 3 heterocycles. The van der Waals surface area contributed by atoms with Gasteiger partial charge in [0.15, 0.2) is 0 Å². The molecular formula is C15H20N6O3. The van der Waals surface area contributed by atoms with Crippen LogP contribution in [0.3, 0.4) is 0 Å². The molecule has 3 rings (SSSR count). The van der Waals surface area contributed by atoms with Gasteiger partial charge in [-0.05, 0) is 13.3 Å². The Morgan fingerprint density at radius 2 is 2.29 bits per heavy atom. The highest BCUT2D eigenvalue weighted by atomic mass is 16.6. The second kappa shape index (κ2) is 6.52. The van der Waals surface area contributed by atoms with Crippen LogP contribution in [0, 0.1) is 6.92 Å². The average molecular weight is 332 g/mol. The van der Waals surface area contributed by atoms with E-state index in [1.54, 1.807) is 32.6 Å². The van der Waals surface area contributed by atoms with Gasteiger partial charge in [-0.25, -0.2) is 9.61 Å². The number of β-amino-alcohol motifs (C(OH)–C–C–N with tert-alkyl or cyclic N) is 1. The van der Waals surface area contributed by atoms with Gasteiger partial charge >= 0.3 is 0 Å². The van der Waals surface area contributed by atoms with Crippen molar-refractivity contribution in [3.63, 3.8) is 0 Å². The Morgan fingerprint density at radius 3 is 2.96 bits per heavy atom. The maximum absolute atomic E-state index is 12.3. The number of amides is 1. The van der Waals surface area contributed by atoms with Crippen LogP contribution in [0.15, 0.2) is 23.2 Å². The molecule has 0 radical (unpaired) electrons. The molecule has 128 valence electrons. The third-order valence-corrected chi connectivity index (χ3v) is 4.23. The Bertz CT molecular complexity index is 706. The van der Waals surface area contributed by atoms with E-state index in [4.69, 9.17) is 0 Å². The lowest BCUT2D eigenvalue weighted by molar-refractivity contribution is -0.132. The van der Waals surface area contributed by atoms with E-state index in [9.17, 15) is 9.90 Å². The summed E-state index contributed by atoms with van der Waals surface area (Å²) in [6.07, 6.45) is 5.57. The van der Waals surface area contributed by atoms with Crippen LogP contribution < -0.4 is 4.90 Å². The van der Waals surface area contributed by atoms with Crippen LogP contribution >= 0.6 is 0 Å². The quantitative estimate of drug-likeness (QED) is 0.802. The summed E-state index contributed by atoms with van der Waals surface area (Å²) < 4.78 is 4.60. The summed E-state index contributed by atoms with van der Waals surface area (Å²) in [5.41, 5.74) is 0.149. The van der Waals surface area contributed by atoms with Crippen molar-refractivity contribution >= 4 is 11.7 Å². The normalized spacial score (nSPS) is 20.4. The number of aliphatic hydroxyl groups is 1. The largest absolute Gasteiger partial charge is 0.386 e. The lowest BCUT2D eigenvalue weighted by Crippen LogP contribution is -2.46. The van der Waals surface area contributed by atoms with Crippen LogP contribution in [0.5, 0.6) is 0 Å². The molecule has 1 N–H and O–H groups in total. The third kappa shape index (κ3) is 3.51. The highest BCUT2D eigenvalue weighted by Crippen LogP contribution is 2.25. The van der Waals surface area contributed by atoms with Crippen molar-refractivity contribution in [3.8, 4) is 0 Å². The van der Waals surface area contributed by atoms with E-state index in [0.717, 1.165) is 5.82 Å². The SMILES string of the molecule is Cc1nonc1CC(=O)N(C)CC1(O)CCN(c2cnccn2)C1. The zero-order chi connectivity index (χ0) is 17.2. The summed E-state index contributed by atoms with van der Waals surface area (Å²) in [4.78, 5) is 24.1. The van der Waals surface area contributed by atoms with E-state index in [1.165, 1.54) is 4.90 Å². The summed E-state index contributed by atoms with van der Waals surface area (Å²) >= 11 is 0. The molecule has 0 aromatic carbocycles. The maximum Gasteiger partial charge on any atom is 0.228 e. The van der Waals surface area contributed by atoms with Crippen LogP contribution in [0.25, 0.3) is 0 Å². The Labute approximate surface area is 139 Å². The van der Waals surface area contributed by atoms with Crippen molar-refractivity contribution < 1.29 is 14.5 Å². The van der Waals surface area contributed by atoms with Crippen LogP contribution in [0.4, 0.5) is 5.82 Å². The fourth-order valence-electron chi connectivity index (χ4n) is 2.85. The first-order chi connectivity index (χ1) is 11.5. The lowest BCUT2D eigenvalue weighted by Gasteiger charge is -2.29. The van der Waals surface area contributed by atoms with E-state index >= 15 is 0 Å². The maximum atomic E-state index is 12.3. The van der Waals surface area contributed by atoms with E-state index in [0.29, 0.717) is 30.9 Å². The standard InChI is InChI=1S/C15H20N6O3/c1-11-12(19-24-18-11)7-14(22)20(2)9-15(23)3-6-21(10-15)13-8-16-4-5-17-13/h4-5,8,23H,3,6-7,9-10H2,1-2H3. The summed E-state index contributed by atoms with van der Waals surface area (Å²) in [7, 11) is 1.67. The second-order valence-corrected chi connectivity index (χ2v) is 6.18. The van der Waals surface area contributed by atoms with Gasteiger partial charge < -0.3 is 14.9 Å². The first-order valence-corrected chi connectivity index (χ1v) is 7.72. The molecule has 1 aliphatic heterocycles. The minimum absolute atomic E-state index is 0.107. The van der Waals surface area contributed by atoms with Gasteiger partial charge in [0.1, 0.15) is 22.8 Å². The minimum atomic E-state index is -0.973. The molecule has 1 saturated heterocycles. The summed E-state index contributed by atoms with van der Waals surface area (Å²) in [6.45, 7) is 3.06. The number of hydrogen-bond donors (Lipinski definition) is 1. The summed E-state index contributed by atoms with van der Waals surface area (Å²) in [6, 6.07) is 0. The Morgan fingerprint density at radius 1 is 1.46 bits per heavy atom. The molecule has 24 heavy (non-hydrogen) atoms. The molecule has 0 spiro atoms. The van der Waals surface area contributed by atoms with Crippen molar-refractivity contribution in [1.29, 1.82) is 0 Å². The van der Waals surface area contributed by atoms with Gasteiger partial charge in [-0.2, -0.15) is 0 Å². The van der Waals surface area contributed by atoms with Crippen molar-refractivity contribution in [2.75, 3.05) is 31.6 Å². The van der Waals surface area contributed by atoms with Gasteiger partial charge in [-0.15, -0.1) is 0 Å². The zero-order valence-corrected chi connectivity index (χ0v) is 13.7. The number of carbonyl (C=O) groups excluding carboxylic acids is 1. The fourth-order valence-corrected chi connectivity index (χ4v) is 2.85. The molecule has 2 aromatic heterocycles. The van der Waals surface area contributed by atoms with Crippen molar-refractivity contribution in [1.82, 2.24) is 25.2 Å². The fraction of sp³-hybridized carbons (Fsp3) is 0.533. The molecule has 1 fully saturated rings. The molecule has 0 saturated carbocycles. The molecule has 1 atom stereocenters. The van der Waals surface area contributed by atoms with Crippen molar-refractivity contribution in [2.24, 2.45) is 0 Å². The summed E-state index contributed by atoms with van der Waals surface area (Å²) in [5.74, 6) is 0.590. The molecule has 0 aliphatic carbocycles. The Hall–Kier alpha value is -2.55. The number of rotatable bonds is 5. The number of aromatic nitrogens is 4. The van der Waals surface area contributed by atoms with Crippen molar-refractivity contribution in [3.05, 3.63) is 30.0 Å². The van der Waals surface area contributed by atoms with Crippen LogP contribution in [-0.2, 0) is 11.2 Å². The smallest absolute Gasteiger partial charge is 0.228 e. The number of anilines is 1. The first kappa shape index (κ1) is 16.3. The number of carbonyl (C=O) groups is 1. The molecule has 9 nitrogen and oxygen atoms in total. The first-order valence-electron chi connectivity index (χ1n) is 7.72. The molecule has 9 heteroatoms. The average Bonchev–Trinajstić information content (AvgIpc) is 3.15. The molecule has 1 unspecified atom stereocenters. The summed E-state index contributed by atoms with van der Waals surface area (Å²) in [5, 5.41) is 18.2. The number of hydrogen-bond acceptors (Lipinski definition) is 8. The minimum Gasteiger partial charge on any atom is -0.386 e. The highest BCUT2D eigenvalue weighted by Gasteiger charge is 2.38. The predicted octanol–water partition coefficient (Wildman–Crippen LogP) is -0.190. The lowest BCUT2D eigenvalue weighted by atomic mass is 10.0. The van der Waals surface area contributed by atoms with Crippen LogP contribution in [0.1, 0.15) is 17.8 Å². The van der Waals surface area contributed by atoms with Crippen LogP contribution in [0.2, 0.25) is 0 Å². The van der Waals surface area contributed by atoms with Gasteiger partial charge in [-0.3, -0.25) is 9.78 Å². The predicted molar refractivity (Wildman–Crippen MR) is 84.2 cm³/mol. The second-order valence-electron chi connectivity index (χ2n) is 6.18. The van der Waals surface area contributed by atoms with Gasteiger partial charge in [0.25, 0.3) is 0 Å². The highest BCUT2D eigenvalue weighted by molar-refractivity contribution is 5.78. The number of nitrogens with zero attached hydrogens (tertiary/aromatic N) is 6. The number of likely N-dealkylation sites (N-methyl/N-ethyl adjacent to an activating group) is 1. The molecule has 1 amide bonds. The van der Waals surface area contributed by atoms with E-state index in [-0.39, 0.29) is 18.9 Å². The molecule has 2 aromatic rings. The third-order valence-electron chi connectivity index (χ3n) is 4.23. The molecule has 1 aliphatic rings. The van der Waals surface area contributed by atoms with E-state index < -0.39 is 5.60 Å². The monoisotopic (exact) mass is 332 g/mol. The van der Waals surface area contributed by atoms with Gasteiger partial charge in [-0.1, -0.05) is 10.3 Å². The van der Waals surface area contributed by atoms with E-state index in [1.807, 2.05) is 4.90 Å². The zero-order valence-electron chi connectivity index (χ0n) is 13.7. The Balaban J connectivity index is 1.59. The van der Waals surface area contributed by atoms with Crippen LogP contribution in [-0.4, -0.2) is 68.5 Å². The topological polar surface area (TPSA) is 108 Å². The van der Waals surface area contributed by atoms with Gasteiger partial charge in [0.2, 0.25) is 5.91 Å². The van der Waals surface area contributed by atoms with Gasteiger partial charge in [0.05, 0.1) is 19.2 Å². The molecular weight excluding hydrogens is 312 g/mol.